The number of rotatable bonds is 6. The van der Waals surface area contributed by atoms with Crippen LogP contribution in [0.1, 0.15) is 32.0 Å². The van der Waals surface area contributed by atoms with Crippen molar-refractivity contribution in [2.75, 3.05) is 13.7 Å². The molecule has 30 heavy (non-hydrogen) atoms. The van der Waals surface area contributed by atoms with Crippen molar-refractivity contribution in [3.05, 3.63) is 75.4 Å². The molecule has 0 fully saturated rings. The van der Waals surface area contributed by atoms with E-state index in [4.69, 9.17) is 9.47 Å². The second kappa shape index (κ2) is 9.49. The number of methoxy groups -OCH3 is 1. The number of aromatic nitrogens is 1. The van der Waals surface area contributed by atoms with Gasteiger partial charge in [0.25, 0.3) is 5.91 Å². The molecule has 3 rings (SSSR count). The number of fused-ring (bicyclic) bond motifs is 1. The van der Waals surface area contributed by atoms with Crippen LogP contribution in [0.15, 0.2) is 53.0 Å². The van der Waals surface area contributed by atoms with Gasteiger partial charge >= 0.3 is 11.9 Å². The van der Waals surface area contributed by atoms with Gasteiger partial charge in [-0.15, -0.1) is 0 Å². The van der Waals surface area contributed by atoms with E-state index in [0.717, 1.165) is 9.86 Å². The van der Waals surface area contributed by atoms with Crippen LogP contribution in [0.4, 0.5) is 0 Å². The molecule has 8 heteroatoms. The summed E-state index contributed by atoms with van der Waals surface area (Å²) in [4.78, 5) is 41.0. The van der Waals surface area contributed by atoms with Crippen molar-refractivity contribution in [2.24, 2.45) is 0 Å². The molecule has 0 radical (unpaired) electrons. The number of amides is 1. The molecule has 1 amide bonds. The van der Waals surface area contributed by atoms with E-state index in [1.54, 1.807) is 31.2 Å². The van der Waals surface area contributed by atoms with Crippen molar-refractivity contribution in [1.29, 1.82) is 0 Å². The Bertz CT molecular complexity index is 1110. The monoisotopic (exact) mass is 470 g/mol. The maximum absolute atomic E-state index is 12.3. The van der Waals surface area contributed by atoms with Gasteiger partial charge in [0.1, 0.15) is 13.2 Å². The third-order valence-electron chi connectivity index (χ3n) is 4.49. The molecule has 7 nitrogen and oxygen atoms in total. The number of nitrogens with zero attached hydrogens (tertiary/aromatic N) is 1. The minimum absolute atomic E-state index is 0.219. The van der Waals surface area contributed by atoms with Crippen LogP contribution in [0.25, 0.3) is 10.9 Å². The van der Waals surface area contributed by atoms with E-state index in [9.17, 15) is 14.4 Å². The molecule has 0 aliphatic carbocycles. The molecular weight excluding hydrogens is 452 g/mol. The lowest BCUT2D eigenvalue weighted by atomic mass is 10.0. The molecule has 0 saturated heterocycles. The van der Waals surface area contributed by atoms with Gasteiger partial charge < -0.3 is 14.8 Å². The number of aryl methyl sites for hydroxylation is 1. The Morgan fingerprint density at radius 1 is 1.07 bits per heavy atom. The number of carbonyl (C=O) groups excluding carboxylic acids is 3. The van der Waals surface area contributed by atoms with Crippen LogP contribution in [0.3, 0.4) is 0 Å². The second-order valence-corrected chi connectivity index (χ2v) is 7.33. The Morgan fingerprint density at radius 3 is 2.47 bits per heavy atom. The molecule has 0 aliphatic heterocycles. The van der Waals surface area contributed by atoms with Crippen LogP contribution in [-0.2, 0) is 20.9 Å². The van der Waals surface area contributed by atoms with Crippen LogP contribution < -0.4 is 5.32 Å². The Balaban J connectivity index is 1.70. The third-order valence-corrected chi connectivity index (χ3v) is 5.01. The largest absolute Gasteiger partial charge is 0.465 e. The molecule has 1 heterocycles. The van der Waals surface area contributed by atoms with Crippen LogP contribution in [0, 0.1) is 6.92 Å². The first-order valence-electron chi connectivity index (χ1n) is 9.06. The van der Waals surface area contributed by atoms with Gasteiger partial charge in [0.15, 0.2) is 0 Å². The van der Waals surface area contributed by atoms with Crippen molar-refractivity contribution < 1.29 is 23.9 Å². The first-order valence-corrected chi connectivity index (χ1v) is 9.86. The Kier molecular flexibility index (Phi) is 6.79. The van der Waals surface area contributed by atoms with E-state index in [1.807, 2.05) is 24.3 Å². The van der Waals surface area contributed by atoms with Crippen molar-refractivity contribution in [3.63, 3.8) is 0 Å². The van der Waals surface area contributed by atoms with E-state index in [0.29, 0.717) is 22.3 Å². The van der Waals surface area contributed by atoms with Crippen LogP contribution in [0.5, 0.6) is 0 Å². The molecule has 1 aromatic heterocycles. The molecule has 1 N–H and O–H groups in total. The topological polar surface area (TPSA) is 94.6 Å². The first kappa shape index (κ1) is 21.4. The number of carbonyl (C=O) groups is 3. The minimum atomic E-state index is -0.649. The van der Waals surface area contributed by atoms with Gasteiger partial charge in [-0.2, -0.15) is 0 Å². The number of hydrogen-bond acceptors (Lipinski definition) is 6. The Hall–Kier alpha value is -3.26. The zero-order chi connectivity index (χ0) is 21.7. The van der Waals surface area contributed by atoms with Crippen molar-refractivity contribution >= 4 is 44.7 Å². The summed E-state index contributed by atoms with van der Waals surface area (Å²) in [6.45, 7) is 1.26. The number of benzene rings is 2. The third kappa shape index (κ3) is 4.83. The number of para-hydroxylation sites is 1. The average molecular weight is 471 g/mol. The standard InChI is InChI=1S/C22H19BrN2O5/c1-13-16-5-3-4-6-17(16)25-18(20(13)22(28)29-2)12-30-19(26)11-24-21(27)14-7-9-15(23)10-8-14/h3-10H,11-12H2,1-2H3,(H,24,27). The lowest BCUT2D eigenvalue weighted by Crippen LogP contribution is -2.30. The number of ether oxygens (including phenoxy) is 2. The van der Waals surface area contributed by atoms with Crippen molar-refractivity contribution in [2.45, 2.75) is 13.5 Å². The highest BCUT2D eigenvalue weighted by atomic mass is 79.9. The van der Waals surface area contributed by atoms with Gasteiger partial charge in [0.2, 0.25) is 0 Å². The Labute approximate surface area is 181 Å². The van der Waals surface area contributed by atoms with E-state index in [1.165, 1.54) is 7.11 Å². The summed E-state index contributed by atoms with van der Waals surface area (Å²) >= 11 is 3.30. The number of nitrogens with one attached hydrogen (secondary N) is 1. The van der Waals surface area contributed by atoms with Gasteiger partial charge in [-0.25, -0.2) is 9.78 Å². The molecule has 0 unspecified atom stereocenters. The molecule has 0 bridgehead atoms. The van der Waals surface area contributed by atoms with E-state index < -0.39 is 17.8 Å². The summed E-state index contributed by atoms with van der Waals surface area (Å²) in [6.07, 6.45) is 0. The highest BCUT2D eigenvalue weighted by Crippen LogP contribution is 2.24. The van der Waals surface area contributed by atoms with Gasteiger partial charge in [-0.05, 0) is 42.8 Å². The molecule has 0 atom stereocenters. The zero-order valence-corrected chi connectivity index (χ0v) is 18.0. The van der Waals surface area contributed by atoms with Gasteiger partial charge in [-0.3, -0.25) is 9.59 Å². The molecule has 0 saturated carbocycles. The summed E-state index contributed by atoms with van der Waals surface area (Å²) in [5, 5.41) is 3.32. The predicted octanol–water partition coefficient (Wildman–Crippen LogP) is 3.57. The summed E-state index contributed by atoms with van der Waals surface area (Å²) in [5.74, 6) is -1.60. The van der Waals surface area contributed by atoms with E-state index in [-0.39, 0.29) is 18.7 Å². The van der Waals surface area contributed by atoms with Crippen molar-refractivity contribution in [1.82, 2.24) is 10.3 Å². The van der Waals surface area contributed by atoms with Gasteiger partial charge in [0, 0.05) is 15.4 Å². The molecule has 2 aromatic carbocycles. The van der Waals surface area contributed by atoms with Crippen molar-refractivity contribution in [3.8, 4) is 0 Å². The zero-order valence-electron chi connectivity index (χ0n) is 16.4. The van der Waals surface area contributed by atoms with Gasteiger partial charge in [-0.1, -0.05) is 34.1 Å². The summed E-state index contributed by atoms with van der Waals surface area (Å²) in [7, 11) is 1.28. The first-order chi connectivity index (χ1) is 14.4. The van der Waals surface area contributed by atoms with Crippen LogP contribution in [0.2, 0.25) is 0 Å². The fraction of sp³-hybridized carbons (Fsp3) is 0.182. The molecule has 0 aliphatic rings. The fourth-order valence-corrected chi connectivity index (χ4v) is 3.24. The highest BCUT2D eigenvalue weighted by molar-refractivity contribution is 9.10. The van der Waals surface area contributed by atoms with E-state index in [2.05, 4.69) is 26.2 Å². The van der Waals surface area contributed by atoms with Crippen LogP contribution >= 0.6 is 15.9 Å². The molecule has 3 aromatic rings. The van der Waals surface area contributed by atoms with E-state index >= 15 is 0 Å². The lowest BCUT2D eigenvalue weighted by molar-refractivity contribution is -0.143. The summed E-state index contributed by atoms with van der Waals surface area (Å²) in [6, 6.07) is 14.1. The predicted molar refractivity (Wildman–Crippen MR) is 114 cm³/mol. The Morgan fingerprint density at radius 2 is 1.77 bits per heavy atom. The molecule has 154 valence electrons. The summed E-state index contributed by atoms with van der Waals surface area (Å²) in [5.41, 5.74) is 2.36. The number of halogens is 1. The number of hydrogen-bond donors (Lipinski definition) is 1. The van der Waals surface area contributed by atoms with Crippen LogP contribution in [-0.4, -0.2) is 36.5 Å². The summed E-state index contributed by atoms with van der Waals surface area (Å²) < 4.78 is 11.0. The molecule has 0 spiro atoms. The second-order valence-electron chi connectivity index (χ2n) is 6.42. The number of pyridine rings is 1. The normalized spacial score (nSPS) is 10.5. The highest BCUT2D eigenvalue weighted by Gasteiger charge is 2.20. The molecular formula is C22H19BrN2O5. The maximum atomic E-state index is 12.3. The minimum Gasteiger partial charge on any atom is -0.465 e. The number of esters is 2. The quantitative estimate of drug-likeness (QED) is 0.553. The fourth-order valence-electron chi connectivity index (χ4n) is 2.97. The lowest BCUT2D eigenvalue weighted by Gasteiger charge is -2.13. The smallest absolute Gasteiger partial charge is 0.340 e. The maximum Gasteiger partial charge on any atom is 0.340 e. The van der Waals surface area contributed by atoms with Gasteiger partial charge in [0.05, 0.1) is 23.9 Å². The SMILES string of the molecule is COC(=O)c1c(COC(=O)CNC(=O)c2ccc(Br)cc2)nc2ccccc2c1C. The average Bonchev–Trinajstić information content (AvgIpc) is 2.76.